The van der Waals surface area contributed by atoms with Crippen LogP contribution in [0.2, 0.25) is 0 Å². The Morgan fingerprint density at radius 3 is 2.65 bits per heavy atom. The molecule has 0 radical (unpaired) electrons. The summed E-state index contributed by atoms with van der Waals surface area (Å²) in [7, 11) is 1.63. The van der Waals surface area contributed by atoms with Gasteiger partial charge in [0, 0.05) is 20.2 Å². The average molecular weight is 286 g/mol. The van der Waals surface area contributed by atoms with Crippen molar-refractivity contribution in [3.63, 3.8) is 0 Å². The van der Waals surface area contributed by atoms with E-state index in [0.29, 0.717) is 19.0 Å². The lowest BCUT2D eigenvalue weighted by Crippen LogP contribution is -2.44. The molecule has 0 aromatic carbocycles. The summed E-state index contributed by atoms with van der Waals surface area (Å²) in [6, 6.07) is -0.153. The van der Waals surface area contributed by atoms with Crippen molar-refractivity contribution in [3.8, 4) is 0 Å². The lowest BCUT2D eigenvalue weighted by Gasteiger charge is -2.27. The minimum atomic E-state index is -0.344. The largest absolute Gasteiger partial charge is 0.393 e. The van der Waals surface area contributed by atoms with Crippen molar-refractivity contribution in [3.05, 3.63) is 0 Å². The first-order valence-corrected chi connectivity index (χ1v) is 7.69. The van der Waals surface area contributed by atoms with Gasteiger partial charge in [-0.2, -0.15) is 0 Å². The summed E-state index contributed by atoms with van der Waals surface area (Å²) in [5.41, 5.74) is -0.344. The molecule has 1 aliphatic carbocycles. The molecule has 0 aliphatic heterocycles. The van der Waals surface area contributed by atoms with Crippen LogP contribution in [0.3, 0.4) is 0 Å². The molecule has 5 heteroatoms. The van der Waals surface area contributed by atoms with Gasteiger partial charge in [0.05, 0.1) is 11.7 Å². The smallest absolute Gasteiger partial charge is 0.314 e. The minimum Gasteiger partial charge on any atom is -0.393 e. The zero-order valence-electron chi connectivity index (χ0n) is 13.1. The van der Waals surface area contributed by atoms with Crippen molar-refractivity contribution in [1.29, 1.82) is 0 Å². The second kappa shape index (κ2) is 8.47. The van der Waals surface area contributed by atoms with Gasteiger partial charge in [0.2, 0.25) is 0 Å². The molecular weight excluding hydrogens is 256 g/mol. The summed E-state index contributed by atoms with van der Waals surface area (Å²) in [6.45, 7) is 4.99. The molecule has 0 aromatic heterocycles. The second-order valence-electron chi connectivity index (χ2n) is 6.33. The van der Waals surface area contributed by atoms with Crippen LogP contribution in [0.4, 0.5) is 4.79 Å². The number of hydrogen-bond donors (Lipinski definition) is 3. The Morgan fingerprint density at radius 1 is 1.30 bits per heavy atom. The summed E-state index contributed by atoms with van der Waals surface area (Å²) in [6.07, 6.45) is 6.20. The fraction of sp³-hybridized carbons (Fsp3) is 0.933. The number of aliphatic hydroxyl groups excluding tert-OH is 1. The number of ether oxygens (including phenoxy) is 1. The Labute approximate surface area is 122 Å². The lowest BCUT2D eigenvalue weighted by molar-refractivity contribution is 0.0253. The molecule has 0 heterocycles. The molecule has 2 atom stereocenters. The van der Waals surface area contributed by atoms with E-state index in [-0.39, 0.29) is 17.7 Å². The van der Waals surface area contributed by atoms with Crippen LogP contribution in [0.5, 0.6) is 0 Å². The summed E-state index contributed by atoms with van der Waals surface area (Å²) >= 11 is 0. The quantitative estimate of drug-likeness (QED) is 0.627. The van der Waals surface area contributed by atoms with E-state index in [1.54, 1.807) is 7.11 Å². The molecule has 1 fully saturated rings. The highest BCUT2D eigenvalue weighted by Crippen LogP contribution is 2.27. The number of aliphatic hydroxyl groups is 1. The Hall–Kier alpha value is -0.810. The summed E-state index contributed by atoms with van der Waals surface area (Å²) in [4.78, 5) is 11.6. The molecule has 1 aliphatic rings. The SMILES string of the molecule is COC(C)(C)CNC(=O)NCCCC1CCCCC1O. The van der Waals surface area contributed by atoms with Gasteiger partial charge >= 0.3 is 6.03 Å². The summed E-state index contributed by atoms with van der Waals surface area (Å²) in [5.74, 6) is 0.418. The number of carbonyl (C=O) groups is 1. The fourth-order valence-electron chi connectivity index (χ4n) is 2.52. The molecule has 2 amide bonds. The van der Waals surface area contributed by atoms with Gasteiger partial charge in [-0.15, -0.1) is 0 Å². The van der Waals surface area contributed by atoms with Gasteiger partial charge in [0.15, 0.2) is 0 Å². The number of rotatable bonds is 7. The van der Waals surface area contributed by atoms with E-state index in [1.165, 1.54) is 6.42 Å². The van der Waals surface area contributed by atoms with Crippen molar-refractivity contribution in [2.24, 2.45) is 5.92 Å². The zero-order valence-corrected chi connectivity index (χ0v) is 13.1. The molecule has 0 bridgehead atoms. The summed E-state index contributed by atoms with van der Waals surface area (Å²) in [5, 5.41) is 15.5. The van der Waals surface area contributed by atoms with Crippen LogP contribution in [-0.2, 0) is 4.74 Å². The Kier molecular flexibility index (Phi) is 7.30. The lowest BCUT2D eigenvalue weighted by atomic mass is 9.83. The Bertz CT molecular complexity index is 295. The van der Waals surface area contributed by atoms with Crippen LogP contribution >= 0.6 is 0 Å². The number of carbonyl (C=O) groups excluding carboxylic acids is 1. The van der Waals surface area contributed by atoms with Gasteiger partial charge in [0.25, 0.3) is 0 Å². The highest BCUT2D eigenvalue weighted by atomic mass is 16.5. The van der Waals surface area contributed by atoms with E-state index < -0.39 is 0 Å². The average Bonchev–Trinajstić information content (AvgIpc) is 2.43. The zero-order chi connectivity index (χ0) is 15.0. The van der Waals surface area contributed by atoms with Gasteiger partial charge < -0.3 is 20.5 Å². The third-order valence-electron chi connectivity index (χ3n) is 4.13. The molecule has 118 valence electrons. The van der Waals surface area contributed by atoms with Gasteiger partial charge in [-0.05, 0) is 45.4 Å². The molecule has 0 saturated heterocycles. The van der Waals surface area contributed by atoms with Gasteiger partial charge in [-0.3, -0.25) is 0 Å². The number of hydrogen-bond acceptors (Lipinski definition) is 3. The first kappa shape index (κ1) is 17.2. The predicted octanol–water partition coefficient (Wildman–Crippen LogP) is 2.04. The third-order valence-corrected chi connectivity index (χ3v) is 4.13. The van der Waals surface area contributed by atoms with Gasteiger partial charge in [0.1, 0.15) is 0 Å². The van der Waals surface area contributed by atoms with E-state index in [2.05, 4.69) is 10.6 Å². The molecule has 2 unspecified atom stereocenters. The fourth-order valence-corrected chi connectivity index (χ4v) is 2.52. The van der Waals surface area contributed by atoms with E-state index in [9.17, 15) is 9.90 Å². The minimum absolute atomic E-state index is 0.139. The van der Waals surface area contributed by atoms with E-state index >= 15 is 0 Å². The van der Waals surface area contributed by atoms with Crippen LogP contribution in [0.1, 0.15) is 52.4 Å². The Morgan fingerprint density at radius 2 is 2.00 bits per heavy atom. The number of methoxy groups -OCH3 is 1. The maximum atomic E-state index is 11.6. The van der Waals surface area contributed by atoms with Crippen LogP contribution in [0.15, 0.2) is 0 Å². The standard InChI is InChI=1S/C15H30N2O3/c1-15(2,20-3)11-17-14(19)16-10-6-8-12-7-4-5-9-13(12)18/h12-13,18H,4-11H2,1-3H3,(H2,16,17,19). The van der Waals surface area contributed by atoms with Gasteiger partial charge in [-0.1, -0.05) is 12.8 Å². The third kappa shape index (κ3) is 6.57. The monoisotopic (exact) mass is 286 g/mol. The first-order valence-electron chi connectivity index (χ1n) is 7.69. The normalized spacial score (nSPS) is 23.4. The molecule has 3 N–H and O–H groups in total. The molecule has 5 nitrogen and oxygen atoms in total. The molecule has 0 spiro atoms. The maximum Gasteiger partial charge on any atom is 0.314 e. The topological polar surface area (TPSA) is 70.6 Å². The molecule has 0 aromatic rings. The molecule has 20 heavy (non-hydrogen) atoms. The highest BCUT2D eigenvalue weighted by molar-refractivity contribution is 5.73. The molecule has 1 rings (SSSR count). The van der Waals surface area contributed by atoms with Crippen molar-refractivity contribution in [2.45, 2.75) is 64.1 Å². The van der Waals surface area contributed by atoms with Crippen molar-refractivity contribution >= 4 is 6.03 Å². The van der Waals surface area contributed by atoms with Crippen LogP contribution < -0.4 is 10.6 Å². The van der Waals surface area contributed by atoms with Crippen molar-refractivity contribution in [2.75, 3.05) is 20.2 Å². The number of urea groups is 1. The van der Waals surface area contributed by atoms with Gasteiger partial charge in [-0.25, -0.2) is 4.79 Å². The predicted molar refractivity (Wildman–Crippen MR) is 79.7 cm³/mol. The van der Waals surface area contributed by atoms with Crippen molar-refractivity contribution in [1.82, 2.24) is 10.6 Å². The van der Waals surface area contributed by atoms with Crippen LogP contribution in [-0.4, -0.2) is 43.0 Å². The number of nitrogens with one attached hydrogen (secondary N) is 2. The maximum absolute atomic E-state index is 11.6. The van der Waals surface area contributed by atoms with E-state index in [0.717, 1.165) is 32.1 Å². The van der Waals surface area contributed by atoms with E-state index in [4.69, 9.17) is 4.74 Å². The molecule has 1 saturated carbocycles. The highest BCUT2D eigenvalue weighted by Gasteiger charge is 2.22. The number of amides is 2. The van der Waals surface area contributed by atoms with Crippen molar-refractivity contribution < 1.29 is 14.6 Å². The van der Waals surface area contributed by atoms with Crippen LogP contribution in [0.25, 0.3) is 0 Å². The van der Waals surface area contributed by atoms with Crippen LogP contribution in [0, 0.1) is 5.92 Å². The second-order valence-corrected chi connectivity index (χ2v) is 6.33. The Balaban J connectivity index is 2.07. The summed E-state index contributed by atoms with van der Waals surface area (Å²) < 4.78 is 5.23. The first-order chi connectivity index (χ1) is 9.44. The molecular formula is C15H30N2O3. The van der Waals surface area contributed by atoms with E-state index in [1.807, 2.05) is 13.8 Å².